The Labute approximate surface area is 215 Å². The van der Waals surface area contributed by atoms with Gasteiger partial charge in [0.05, 0.1) is 10.6 Å². The number of carbonyl (C=O) groups is 2. The first-order chi connectivity index (χ1) is 16.9. The number of sulfonamides is 1. The van der Waals surface area contributed by atoms with Crippen LogP contribution in [0.1, 0.15) is 50.5 Å². The molecule has 1 spiro atoms. The predicted octanol–water partition coefficient (Wildman–Crippen LogP) is 4.25. The highest BCUT2D eigenvalue weighted by molar-refractivity contribution is 8.01. The second kappa shape index (κ2) is 8.64. The van der Waals surface area contributed by atoms with E-state index >= 15 is 0 Å². The summed E-state index contributed by atoms with van der Waals surface area (Å²) in [5.41, 5.74) is 5.11. The van der Waals surface area contributed by atoms with Crippen LogP contribution in [0.4, 0.5) is 0 Å². The van der Waals surface area contributed by atoms with Gasteiger partial charge in [-0.25, -0.2) is 18.6 Å². The normalized spacial score (nSPS) is 23.9. The Balaban J connectivity index is 1.59. The second-order valence-electron chi connectivity index (χ2n) is 10.8. The van der Waals surface area contributed by atoms with Crippen LogP contribution in [-0.2, 0) is 14.8 Å². The number of nitrogens with zero attached hydrogens (tertiary/aromatic N) is 1. The van der Waals surface area contributed by atoms with Crippen molar-refractivity contribution < 1.29 is 18.0 Å². The van der Waals surface area contributed by atoms with Gasteiger partial charge in [-0.2, -0.15) is 0 Å². The van der Waals surface area contributed by atoms with E-state index in [2.05, 4.69) is 31.2 Å². The zero-order chi connectivity index (χ0) is 25.9. The summed E-state index contributed by atoms with van der Waals surface area (Å²) in [5.74, 6) is 0.163. The van der Waals surface area contributed by atoms with Crippen LogP contribution in [0.25, 0.3) is 22.0 Å². The van der Waals surface area contributed by atoms with Crippen molar-refractivity contribution in [1.29, 1.82) is 0 Å². The number of H-pyrrole nitrogens is 1. The number of rotatable bonds is 4. The fourth-order valence-corrected chi connectivity index (χ4v) is 8.26. The minimum absolute atomic E-state index is 0.0402. The topological polar surface area (TPSA) is 125 Å². The number of nitrogens with two attached hydrogens (primary N) is 1. The number of fused-ring (bicyclic) bond motifs is 1. The fourth-order valence-electron chi connectivity index (χ4n) is 6.03. The summed E-state index contributed by atoms with van der Waals surface area (Å²) in [6, 6.07) is 13.8. The van der Waals surface area contributed by atoms with E-state index in [1.807, 2.05) is 30.3 Å². The van der Waals surface area contributed by atoms with Gasteiger partial charge in [-0.15, -0.1) is 11.8 Å². The Kier molecular flexibility index (Phi) is 5.96. The van der Waals surface area contributed by atoms with E-state index in [1.165, 1.54) is 12.1 Å². The molecule has 2 heterocycles. The standard InChI is InChI=1S/C26H30N4O4S2/c1-16-12-25(2,3)15-26(13-16)30(21(31)14-35-26)29-24(32)23-22(17-7-5-4-6-8-17)19-11-18(36(27,33)34)9-10-20(19)28-23/h4-11,16,28H,12-15H2,1-3H3,(H,29,32)(H2,27,33,34). The maximum absolute atomic E-state index is 13.8. The highest BCUT2D eigenvalue weighted by Crippen LogP contribution is 2.54. The number of nitrogens with one attached hydrogen (secondary N) is 2. The van der Waals surface area contributed by atoms with Crippen LogP contribution < -0.4 is 10.6 Å². The quantitative estimate of drug-likeness (QED) is 0.469. The van der Waals surface area contributed by atoms with E-state index in [4.69, 9.17) is 5.14 Å². The summed E-state index contributed by atoms with van der Waals surface area (Å²) in [4.78, 5) is 29.4. The van der Waals surface area contributed by atoms with Crippen LogP contribution in [0.5, 0.6) is 0 Å². The third-order valence-corrected chi connectivity index (χ3v) is 9.38. The summed E-state index contributed by atoms with van der Waals surface area (Å²) < 4.78 is 24.0. The molecule has 2 aromatic carbocycles. The van der Waals surface area contributed by atoms with E-state index < -0.39 is 20.8 Å². The average molecular weight is 527 g/mol. The molecule has 0 radical (unpaired) electrons. The number of benzene rings is 2. The molecular weight excluding hydrogens is 496 g/mol. The lowest BCUT2D eigenvalue weighted by atomic mass is 9.70. The molecule has 1 aliphatic carbocycles. The molecule has 1 saturated heterocycles. The molecule has 8 nitrogen and oxygen atoms in total. The minimum atomic E-state index is -3.94. The monoisotopic (exact) mass is 526 g/mol. The van der Waals surface area contributed by atoms with E-state index in [1.54, 1.807) is 22.8 Å². The van der Waals surface area contributed by atoms with Gasteiger partial charge in [0.2, 0.25) is 10.0 Å². The van der Waals surface area contributed by atoms with Crippen LogP contribution in [0.2, 0.25) is 0 Å². The number of hydrogen-bond acceptors (Lipinski definition) is 5. The predicted molar refractivity (Wildman–Crippen MR) is 141 cm³/mol. The van der Waals surface area contributed by atoms with E-state index in [-0.39, 0.29) is 21.9 Å². The second-order valence-corrected chi connectivity index (χ2v) is 13.7. The lowest BCUT2D eigenvalue weighted by molar-refractivity contribution is -0.135. The third kappa shape index (κ3) is 4.42. The zero-order valence-electron chi connectivity index (χ0n) is 20.5. The summed E-state index contributed by atoms with van der Waals surface area (Å²) >= 11 is 1.61. The molecule has 36 heavy (non-hydrogen) atoms. The molecular formula is C26H30N4O4S2. The Morgan fingerprint density at radius 2 is 1.89 bits per heavy atom. The number of amides is 2. The fraction of sp³-hybridized carbons (Fsp3) is 0.385. The minimum Gasteiger partial charge on any atom is -0.350 e. The number of aromatic nitrogens is 1. The van der Waals surface area contributed by atoms with Gasteiger partial charge in [0, 0.05) is 16.5 Å². The van der Waals surface area contributed by atoms with Crippen molar-refractivity contribution in [2.75, 3.05) is 5.75 Å². The van der Waals surface area contributed by atoms with Crippen LogP contribution in [0, 0.1) is 11.3 Å². The molecule has 1 saturated carbocycles. The maximum atomic E-state index is 13.8. The molecule has 1 aliphatic heterocycles. The van der Waals surface area contributed by atoms with Crippen LogP contribution in [0.15, 0.2) is 53.4 Å². The van der Waals surface area contributed by atoms with Crippen molar-refractivity contribution in [2.24, 2.45) is 16.5 Å². The maximum Gasteiger partial charge on any atom is 0.286 e. The lowest BCUT2D eigenvalue weighted by Crippen LogP contribution is -2.58. The van der Waals surface area contributed by atoms with Gasteiger partial charge in [0.15, 0.2) is 0 Å². The van der Waals surface area contributed by atoms with Gasteiger partial charge in [0.1, 0.15) is 10.6 Å². The van der Waals surface area contributed by atoms with Crippen molar-refractivity contribution in [3.63, 3.8) is 0 Å². The Morgan fingerprint density at radius 1 is 1.17 bits per heavy atom. The summed E-state index contributed by atoms with van der Waals surface area (Å²) in [6.07, 6.45) is 2.66. The first-order valence-corrected chi connectivity index (χ1v) is 14.4. The van der Waals surface area contributed by atoms with E-state index in [0.29, 0.717) is 28.1 Å². The van der Waals surface area contributed by atoms with Crippen molar-refractivity contribution in [2.45, 2.75) is 49.8 Å². The Morgan fingerprint density at radius 3 is 2.56 bits per heavy atom. The summed E-state index contributed by atoms with van der Waals surface area (Å²) in [5, 5.41) is 7.48. The number of carbonyl (C=O) groups excluding carboxylic acids is 2. The largest absolute Gasteiger partial charge is 0.350 e. The van der Waals surface area contributed by atoms with Crippen molar-refractivity contribution in [1.82, 2.24) is 15.4 Å². The molecule has 3 aromatic rings. The van der Waals surface area contributed by atoms with E-state index in [9.17, 15) is 18.0 Å². The molecule has 0 bridgehead atoms. The van der Waals surface area contributed by atoms with Crippen LogP contribution in [-0.4, -0.2) is 40.8 Å². The zero-order valence-corrected chi connectivity index (χ0v) is 22.1. The molecule has 2 amide bonds. The molecule has 10 heteroatoms. The molecule has 2 fully saturated rings. The van der Waals surface area contributed by atoms with Gasteiger partial charge in [-0.3, -0.25) is 15.0 Å². The van der Waals surface area contributed by atoms with Gasteiger partial charge in [-0.05, 0) is 54.4 Å². The molecule has 2 unspecified atom stereocenters. The SMILES string of the molecule is CC1CC(C)(C)CC2(C1)SCC(=O)N2NC(=O)c1[nH]c2ccc(S(N)(=O)=O)cc2c1-c1ccccc1. The number of aromatic amines is 1. The van der Waals surface area contributed by atoms with E-state index in [0.717, 1.165) is 24.8 Å². The molecule has 1 aromatic heterocycles. The summed E-state index contributed by atoms with van der Waals surface area (Å²) in [7, 11) is -3.94. The summed E-state index contributed by atoms with van der Waals surface area (Å²) in [6.45, 7) is 6.62. The molecule has 5 rings (SSSR count). The number of primary sulfonamides is 1. The smallest absolute Gasteiger partial charge is 0.286 e. The van der Waals surface area contributed by atoms with Gasteiger partial charge < -0.3 is 4.98 Å². The molecule has 190 valence electrons. The molecule has 2 atom stereocenters. The number of thioether (sulfide) groups is 1. The highest BCUT2D eigenvalue weighted by atomic mass is 32.2. The molecule has 4 N–H and O–H groups in total. The van der Waals surface area contributed by atoms with Crippen molar-refractivity contribution in [3.8, 4) is 11.1 Å². The average Bonchev–Trinajstić information content (AvgIpc) is 3.30. The Bertz CT molecular complexity index is 1470. The number of hydrazine groups is 1. The van der Waals surface area contributed by atoms with Crippen LogP contribution in [0.3, 0.4) is 0 Å². The highest BCUT2D eigenvalue weighted by Gasteiger charge is 2.53. The van der Waals surface area contributed by atoms with Gasteiger partial charge >= 0.3 is 0 Å². The lowest BCUT2D eigenvalue weighted by Gasteiger charge is -2.48. The first kappa shape index (κ1) is 24.9. The van der Waals surface area contributed by atoms with Crippen LogP contribution >= 0.6 is 11.8 Å². The van der Waals surface area contributed by atoms with Crippen molar-refractivity contribution in [3.05, 3.63) is 54.2 Å². The van der Waals surface area contributed by atoms with Gasteiger partial charge in [-0.1, -0.05) is 51.1 Å². The first-order valence-electron chi connectivity index (χ1n) is 11.9. The third-order valence-electron chi connectivity index (χ3n) is 7.05. The Hall–Kier alpha value is -2.82. The molecule has 2 aliphatic rings. The van der Waals surface area contributed by atoms with Crippen molar-refractivity contribution >= 4 is 44.5 Å². The van der Waals surface area contributed by atoms with Gasteiger partial charge in [0.25, 0.3) is 11.8 Å². The number of hydrogen-bond donors (Lipinski definition) is 3.